The van der Waals surface area contributed by atoms with Gasteiger partial charge in [-0.15, -0.1) is 0 Å². The number of nitrogens with one attached hydrogen (secondary N) is 1. The van der Waals surface area contributed by atoms with Crippen LogP contribution in [0.3, 0.4) is 0 Å². The van der Waals surface area contributed by atoms with Crippen LogP contribution in [0.1, 0.15) is 33.6 Å². The number of rotatable bonds is 8. The fourth-order valence-corrected chi connectivity index (χ4v) is 1.31. The monoisotopic (exact) mass is 217 g/mol. The van der Waals surface area contributed by atoms with E-state index in [1.165, 1.54) is 7.11 Å². The Bertz CT molecular complexity index is 185. The van der Waals surface area contributed by atoms with E-state index in [1.807, 2.05) is 13.8 Å². The summed E-state index contributed by atoms with van der Waals surface area (Å²) < 4.78 is 10.0. The lowest BCUT2D eigenvalue weighted by Crippen LogP contribution is -2.51. The molecule has 0 aromatic heterocycles. The smallest absolute Gasteiger partial charge is 0.325 e. The molecule has 0 amide bonds. The molecule has 0 aliphatic carbocycles. The Morgan fingerprint density at radius 2 is 2.07 bits per heavy atom. The summed E-state index contributed by atoms with van der Waals surface area (Å²) in [6.07, 6.45) is 1.62. The van der Waals surface area contributed by atoms with Gasteiger partial charge in [0.25, 0.3) is 0 Å². The predicted molar refractivity (Wildman–Crippen MR) is 59.8 cm³/mol. The number of hydrogen-bond acceptors (Lipinski definition) is 4. The highest BCUT2D eigenvalue weighted by Crippen LogP contribution is 2.12. The van der Waals surface area contributed by atoms with Crippen LogP contribution in [-0.4, -0.2) is 38.4 Å². The van der Waals surface area contributed by atoms with Crippen molar-refractivity contribution in [3.63, 3.8) is 0 Å². The van der Waals surface area contributed by atoms with Crippen LogP contribution in [0.4, 0.5) is 0 Å². The molecule has 0 spiro atoms. The summed E-state index contributed by atoms with van der Waals surface area (Å²) in [6.45, 7) is 7.90. The molecule has 1 atom stereocenters. The largest absolute Gasteiger partial charge is 0.468 e. The van der Waals surface area contributed by atoms with E-state index in [0.717, 1.165) is 13.0 Å². The number of hydrogen-bond donors (Lipinski definition) is 1. The quantitative estimate of drug-likeness (QED) is 0.492. The Morgan fingerprint density at radius 3 is 2.53 bits per heavy atom. The van der Waals surface area contributed by atoms with E-state index < -0.39 is 5.54 Å². The molecule has 90 valence electrons. The molecule has 0 saturated heterocycles. The second kappa shape index (κ2) is 7.65. The molecule has 15 heavy (non-hydrogen) atoms. The van der Waals surface area contributed by atoms with E-state index in [1.54, 1.807) is 0 Å². The summed E-state index contributed by atoms with van der Waals surface area (Å²) in [6, 6.07) is 0. The molecule has 0 radical (unpaired) electrons. The van der Waals surface area contributed by atoms with Crippen molar-refractivity contribution < 1.29 is 14.3 Å². The second-order valence-corrected chi connectivity index (χ2v) is 3.70. The highest BCUT2D eigenvalue weighted by molar-refractivity contribution is 5.80. The summed E-state index contributed by atoms with van der Waals surface area (Å²) in [5, 5.41) is 3.20. The topological polar surface area (TPSA) is 47.6 Å². The lowest BCUT2D eigenvalue weighted by atomic mass is 9.98. The molecule has 0 aliphatic heterocycles. The normalized spacial score (nSPS) is 14.7. The van der Waals surface area contributed by atoms with E-state index in [0.29, 0.717) is 19.6 Å². The van der Waals surface area contributed by atoms with Gasteiger partial charge >= 0.3 is 5.97 Å². The third-order valence-corrected chi connectivity index (χ3v) is 2.35. The van der Waals surface area contributed by atoms with Crippen molar-refractivity contribution in [1.29, 1.82) is 0 Å². The van der Waals surface area contributed by atoms with E-state index in [2.05, 4.69) is 12.2 Å². The SMILES string of the molecule is CCCNC(C)(CCOCC)C(=O)OC. The van der Waals surface area contributed by atoms with Crippen LogP contribution in [0.5, 0.6) is 0 Å². The number of carbonyl (C=O) groups excluding carboxylic acids is 1. The lowest BCUT2D eigenvalue weighted by Gasteiger charge is -2.27. The Labute approximate surface area is 92.3 Å². The Hall–Kier alpha value is -0.610. The van der Waals surface area contributed by atoms with Gasteiger partial charge in [0.15, 0.2) is 0 Å². The Morgan fingerprint density at radius 1 is 1.40 bits per heavy atom. The highest BCUT2D eigenvalue weighted by Gasteiger charge is 2.33. The third-order valence-electron chi connectivity index (χ3n) is 2.35. The molecule has 0 aliphatic rings. The summed E-state index contributed by atoms with van der Waals surface area (Å²) in [5.41, 5.74) is -0.625. The second-order valence-electron chi connectivity index (χ2n) is 3.70. The summed E-state index contributed by atoms with van der Waals surface area (Å²) in [4.78, 5) is 11.6. The van der Waals surface area contributed by atoms with Gasteiger partial charge in [-0.25, -0.2) is 0 Å². The maximum absolute atomic E-state index is 11.6. The average Bonchev–Trinajstić information content (AvgIpc) is 2.25. The van der Waals surface area contributed by atoms with Crippen LogP contribution in [-0.2, 0) is 14.3 Å². The van der Waals surface area contributed by atoms with Gasteiger partial charge in [-0.1, -0.05) is 6.92 Å². The molecule has 4 nitrogen and oxygen atoms in total. The fourth-order valence-electron chi connectivity index (χ4n) is 1.31. The first-order chi connectivity index (χ1) is 7.10. The minimum Gasteiger partial charge on any atom is -0.468 e. The molecular weight excluding hydrogens is 194 g/mol. The Kier molecular flexibility index (Phi) is 7.34. The molecule has 0 aromatic carbocycles. The van der Waals surface area contributed by atoms with Crippen LogP contribution in [0.25, 0.3) is 0 Å². The van der Waals surface area contributed by atoms with E-state index in [-0.39, 0.29) is 5.97 Å². The first-order valence-electron chi connectivity index (χ1n) is 5.52. The summed E-state index contributed by atoms with van der Waals surface area (Å²) >= 11 is 0. The maximum Gasteiger partial charge on any atom is 0.325 e. The van der Waals surface area contributed by atoms with Gasteiger partial charge in [0, 0.05) is 13.2 Å². The third kappa shape index (κ3) is 5.14. The van der Waals surface area contributed by atoms with Crippen molar-refractivity contribution in [2.75, 3.05) is 26.9 Å². The van der Waals surface area contributed by atoms with Crippen molar-refractivity contribution in [3.8, 4) is 0 Å². The molecule has 4 heteroatoms. The zero-order chi connectivity index (χ0) is 11.7. The van der Waals surface area contributed by atoms with Crippen LogP contribution >= 0.6 is 0 Å². The molecule has 0 fully saturated rings. The number of carbonyl (C=O) groups is 1. The predicted octanol–water partition coefficient (Wildman–Crippen LogP) is 1.34. The molecule has 0 bridgehead atoms. The molecule has 0 rings (SSSR count). The van der Waals surface area contributed by atoms with Crippen molar-refractivity contribution in [2.45, 2.75) is 39.2 Å². The van der Waals surface area contributed by atoms with Crippen molar-refractivity contribution in [2.24, 2.45) is 0 Å². The number of esters is 1. The molecule has 0 aromatic rings. The van der Waals surface area contributed by atoms with Gasteiger partial charge in [0.1, 0.15) is 5.54 Å². The van der Waals surface area contributed by atoms with Gasteiger partial charge in [-0.3, -0.25) is 4.79 Å². The van der Waals surface area contributed by atoms with Gasteiger partial charge < -0.3 is 14.8 Å². The van der Waals surface area contributed by atoms with Crippen molar-refractivity contribution >= 4 is 5.97 Å². The van der Waals surface area contributed by atoms with Gasteiger partial charge in [-0.2, -0.15) is 0 Å². The number of methoxy groups -OCH3 is 1. The summed E-state index contributed by atoms with van der Waals surface area (Å²) in [7, 11) is 1.41. The average molecular weight is 217 g/mol. The minimum absolute atomic E-state index is 0.226. The van der Waals surface area contributed by atoms with Crippen LogP contribution in [0.2, 0.25) is 0 Å². The van der Waals surface area contributed by atoms with Gasteiger partial charge in [-0.05, 0) is 33.2 Å². The fraction of sp³-hybridized carbons (Fsp3) is 0.909. The van der Waals surface area contributed by atoms with E-state index in [9.17, 15) is 4.79 Å². The summed E-state index contributed by atoms with van der Waals surface area (Å²) in [5.74, 6) is -0.226. The van der Waals surface area contributed by atoms with Gasteiger partial charge in [0.05, 0.1) is 7.11 Å². The van der Waals surface area contributed by atoms with Crippen molar-refractivity contribution in [3.05, 3.63) is 0 Å². The highest BCUT2D eigenvalue weighted by atomic mass is 16.5. The number of ether oxygens (including phenoxy) is 2. The molecule has 1 N–H and O–H groups in total. The first-order valence-corrected chi connectivity index (χ1v) is 5.52. The van der Waals surface area contributed by atoms with Gasteiger partial charge in [0.2, 0.25) is 0 Å². The van der Waals surface area contributed by atoms with Crippen molar-refractivity contribution in [1.82, 2.24) is 5.32 Å². The lowest BCUT2D eigenvalue weighted by molar-refractivity contribution is -0.148. The zero-order valence-electron chi connectivity index (χ0n) is 10.3. The molecule has 1 unspecified atom stereocenters. The van der Waals surface area contributed by atoms with Crippen LogP contribution < -0.4 is 5.32 Å². The first kappa shape index (κ1) is 14.4. The van der Waals surface area contributed by atoms with E-state index in [4.69, 9.17) is 9.47 Å². The zero-order valence-corrected chi connectivity index (χ0v) is 10.3. The van der Waals surface area contributed by atoms with Crippen LogP contribution in [0.15, 0.2) is 0 Å². The molecule has 0 heterocycles. The molecule has 0 saturated carbocycles. The standard InChI is InChI=1S/C11H23NO3/c1-5-8-12-11(3,10(13)14-4)7-9-15-6-2/h12H,5-9H2,1-4H3. The maximum atomic E-state index is 11.6. The van der Waals surface area contributed by atoms with Crippen LogP contribution in [0, 0.1) is 0 Å². The Balaban J connectivity index is 4.20. The molecular formula is C11H23NO3. The minimum atomic E-state index is -0.625. The van der Waals surface area contributed by atoms with E-state index >= 15 is 0 Å².